The molecule has 0 spiro atoms. The van der Waals surface area contributed by atoms with Crippen LogP contribution in [0.2, 0.25) is 0 Å². The molecule has 0 unspecified atom stereocenters. The van der Waals surface area contributed by atoms with E-state index in [9.17, 15) is 13.2 Å². The van der Waals surface area contributed by atoms with Crippen molar-refractivity contribution in [3.63, 3.8) is 0 Å². The molecule has 0 atom stereocenters. The molecule has 0 radical (unpaired) electrons. The van der Waals surface area contributed by atoms with E-state index in [2.05, 4.69) is 0 Å². The van der Waals surface area contributed by atoms with Gasteiger partial charge in [-0.05, 0) is 26.2 Å². The molecule has 0 aromatic heterocycles. The van der Waals surface area contributed by atoms with E-state index in [1.807, 2.05) is 0 Å². The van der Waals surface area contributed by atoms with Crippen LogP contribution in [0.15, 0.2) is 0 Å². The SMILES string of the molecule is CC(C)(CC(=O)O)CS(=O)(=O)OC(C)(C)C. The van der Waals surface area contributed by atoms with Gasteiger partial charge in [0.15, 0.2) is 0 Å². The van der Waals surface area contributed by atoms with Gasteiger partial charge in [-0.25, -0.2) is 0 Å². The summed E-state index contributed by atoms with van der Waals surface area (Å²) in [5, 5.41) is 8.64. The molecule has 16 heavy (non-hydrogen) atoms. The second-order valence-electron chi connectivity index (χ2n) is 5.63. The molecule has 0 rings (SSSR count). The Balaban J connectivity index is 4.65. The first-order valence-corrected chi connectivity index (χ1v) is 6.56. The number of carboxylic acid groups (broad SMARTS) is 1. The van der Waals surface area contributed by atoms with Gasteiger partial charge in [0.1, 0.15) is 0 Å². The highest BCUT2D eigenvalue weighted by Crippen LogP contribution is 2.25. The zero-order chi connectivity index (χ0) is 13.2. The first kappa shape index (κ1) is 15.4. The standard InChI is InChI=1S/C10H20O5S/c1-9(2,3)15-16(13,14)7-10(4,5)6-8(11)12/h6-7H2,1-5H3,(H,11,12). The number of carbonyl (C=O) groups is 1. The summed E-state index contributed by atoms with van der Waals surface area (Å²) in [4.78, 5) is 10.6. The lowest BCUT2D eigenvalue weighted by molar-refractivity contribution is -0.138. The molecule has 0 fully saturated rings. The van der Waals surface area contributed by atoms with Crippen molar-refractivity contribution in [2.45, 2.75) is 46.6 Å². The summed E-state index contributed by atoms with van der Waals surface area (Å²) in [5.41, 5.74) is -1.63. The van der Waals surface area contributed by atoms with Gasteiger partial charge in [0.2, 0.25) is 0 Å². The van der Waals surface area contributed by atoms with E-state index in [4.69, 9.17) is 9.29 Å². The number of rotatable bonds is 5. The first-order valence-electron chi connectivity index (χ1n) is 4.98. The van der Waals surface area contributed by atoms with Crippen molar-refractivity contribution in [2.24, 2.45) is 5.41 Å². The van der Waals surface area contributed by atoms with Crippen LogP contribution in [0.5, 0.6) is 0 Å². The maximum Gasteiger partial charge on any atom is 0.303 e. The molecule has 0 aromatic carbocycles. The van der Waals surface area contributed by atoms with Gasteiger partial charge < -0.3 is 5.11 Å². The molecular weight excluding hydrogens is 232 g/mol. The highest BCUT2D eigenvalue weighted by atomic mass is 32.2. The number of aliphatic carboxylic acids is 1. The van der Waals surface area contributed by atoms with Crippen LogP contribution in [-0.4, -0.2) is 30.8 Å². The van der Waals surface area contributed by atoms with Crippen LogP contribution in [0, 0.1) is 5.41 Å². The quantitative estimate of drug-likeness (QED) is 0.752. The summed E-state index contributed by atoms with van der Waals surface area (Å²) >= 11 is 0. The van der Waals surface area contributed by atoms with Crippen LogP contribution in [0.4, 0.5) is 0 Å². The Morgan fingerprint density at radius 2 is 1.62 bits per heavy atom. The molecule has 0 saturated carbocycles. The molecule has 1 N–H and O–H groups in total. The van der Waals surface area contributed by atoms with E-state index < -0.39 is 27.1 Å². The van der Waals surface area contributed by atoms with E-state index in [0.29, 0.717) is 0 Å². The van der Waals surface area contributed by atoms with Crippen LogP contribution >= 0.6 is 0 Å². The number of carboxylic acids is 1. The lowest BCUT2D eigenvalue weighted by Gasteiger charge is -2.25. The third-order valence-corrected chi connectivity index (χ3v) is 3.46. The van der Waals surface area contributed by atoms with Gasteiger partial charge in [-0.3, -0.25) is 8.98 Å². The predicted octanol–water partition coefficient (Wildman–Crippen LogP) is 1.63. The Hall–Kier alpha value is -0.620. The zero-order valence-electron chi connectivity index (χ0n) is 10.4. The third kappa shape index (κ3) is 7.64. The largest absolute Gasteiger partial charge is 0.481 e. The Morgan fingerprint density at radius 3 is 1.94 bits per heavy atom. The number of hydrogen-bond acceptors (Lipinski definition) is 4. The van der Waals surface area contributed by atoms with Crippen molar-refractivity contribution in [3.8, 4) is 0 Å². The van der Waals surface area contributed by atoms with Crippen molar-refractivity contribution in [3.05, 3.63) is 0 Å². The minimum absolute atomic E-state index is 0.209. The Kier molecular flexibility index (Phi) is 4.53. The maximum atomic E-state index is 11.6. The third-order valence-electron chi connectivity index (χ3n) is 1.57. The average Bonchev–Trinajstić information content (AvgIpc) is 1.69. The van der Waals surface area contributed by atoms with E-state index in [1.54, 1.807) is 34.6 Å². The average molecular weight is 252 g/mol. The lowest BCUT2D eigenvalue weighted by atomic mass is 9.92. The van der Waals surface area contributed by atoms with E-state index in [0.717, 1.165) is 0 Å². The molecular formula is C10H20O5S. The van der Waals surface area contributed by atoms with Crippen LogP contribution in [0.1, 0.15) is 41.0 Å². The van der Waals surface area contributed by atoms with Crippen LogP contribution < -0.4 is 0 Å². The van der Waals surface area contributed by atoms with Crippen LogP contribution in [-0.2, 0) is 19.1 Å². The summed E-state index contributed by atoms with van der Waals surface area (Å²) in [5.74, 6) is -1.32. The van der Waals surface area contributed by atoms with Crippen molar-refractivity contribution >= 4 is 16.1 Å². The van der Waals surface area contributed by atoms with Gasteiger partial charge in [-0.2, -0.15) is 8.42 Å². The smallest absolute Gasteiger partial charge is 0.303 e. The fourth-order valence-electron chi connectivity index (χ4n) is 1.35. The van der Waals surface area contributed by atoms with Gasteiger partial charge in [0, 0.05) is 0 Å². The molecule has 0 aliphatic heterocycles. The summed E-state index contributed by atoms with van der Waals surface area (Å²) in [6.07, 6.45) is -0.209. The molecule has 0 aromatic rings. The van der Waals surface area contributed by atoms with Crippen LogP contribution in [0.25, 0.3) is 0 Å². The van der Waals surface area contributed by atoms with Gasteiger partial charge in [0.25, 0.3) is 10.1 Å². The molecule has 0 saturated heterocycles. The molecule has 5 nitrogen and oxygen atoms in total. The zero-order valence-corrected chi connectivity index (χ0v) is 11.2. The topological polar surface area (TPSA) is 80.7 Å². The molecule has 0 heterocycles. The second-order valence-corrected chi connectivity index (χ2v) is 7.20. The molecule has 96 valence electrons. The fraction of sp³-hybridized carbons (Fsp3) is 0.900. The summed E-state index contributed by atoms with van der Waals surface area (Å²) in [6.45, 7) is 8.08. The fourth-order valence-corrected chi connectivity index (χ4v) is 3.23. The highest BCUT2D eigenvalue weighted by molar-refractivity contribution is 7.86. The van der Waals surface area contributed by atoms with Gasteiger partial charge in [0.05, 0.1) is 17.8 Å². The van der Waals surface area contributed by atoms with Crippen molar-refractivity contribution in [2.75, 3.05) is 5.75 Å². The molecule has 0 aliphatic carbocycles. The number of hydrogen-bond donors (Lipinski definition) is 1. The van der Waals surface area contributed by atoms with E-state index >= 15 is 0 Å². The minimum atomic E-state index is -3.71. The Morgan fingerprint density at radius 1 is 1.19 bits per heavy atom. The van der Waals surface area contributed by atoms with Crippen LogP contribution in [0.3, 0.4) is 0 Å². The predicted molar refractivity (Wildman–Crippen MR) is 60.7 cm³/mol. The van der Waals surface area contributed by atoms with E-state index in [1.165, 1.54) is 0 Å². The Bertz CT molecular complexity index is 348. The molecule has 0 aliphatic rings. The van der Waals surface area contributed by atoms with Gasteiger partial charge >= 0.3 is 5.97 Å². The summed E-state index contributed by atoms with van der Waals surface area (Å²) < 4.78 is 28.2. The van der Waals surface area contributed by atoms with E-state index in [-0.39, 0.29) is 12.2 Å². The normalized spacial score (nSPS) is 13.8. The summed E-state index contributed by atoms with van der Waals surface area (Å²) in [7, 11) is -3.71. The minimum Gasteiger partial charge on any atom is -0.481 e. The summed E-state index contributed by atoms with van der Waals surface area (Å²) in [6, 6.07) is 0. The lowest BCUT2D eigenvalue weighted by Crippen LogP contribution is -2.32. The second kappa shape index (κ2) is 4.71. The molecule has 0 amide bonds. The maximum absolute atomic E-state index is 11.6. The van der Waals surface area contributed by atoms with Crippen molar-refractivity contribution in [1.82, 2.24) is 0 Å². The Labute approximate surface area is 96.9 Å². The van der Waals surface area contributed by atoms with Crippen molar-refractivity contribution < 1.29 is 22.5 Å². The highest BCUT2D eigenvalue weighted by Gasteiger charge is 2.32. The van der Waals surface area contributed by atoms with Gasteiger partial charge in [-0.1, -0.05) is 13.8 Å². The first-order chi connectivity index (χ1) is 6.83. The van der Waals surface area contributed by atoms with Gasteiger partial charge in [-0.15, -0.1) is 0 Å². The molecule has 6 heteroatoms. The molecule has 0 bridgehead atoms. The van der Waals surface area contributed by atoms with Crippen molar-refractivity contribution in [1.29, 1.82) is 0 Å². The monoisotopic (exact) mass is 252 g/mol.